The first-order valence-electron chi connectivity index (χ1n) is 10.7. The van der Waals surface area contributed by atoms with Crippen LogP contribution in [-0.4, -0.2) is 51.4 Å². The van der Waals surface area contributed by atoms with Crippen molar-refractivity contribution in [1.29, 1.82) is 5.26 Å². The minimum atomic E-state index is -0.396. The summed E-state index contributed by atoms with van der Waals surface area (Å²) in [6, 6.07) is 5.53. The minimum Gasteiger partial charge on any atom is -0.339 e. The molecule has 0 unspecified atom stereocenters. The molecule has 4 atom stereocenters. The molecule has 7 heteroatoms. The van der Waals surface area contributed by atoms with Crippen LogP contribution in [0.5, 0.6) is 0 Å². The number of nitriles is 1. The van der Waals surface area contributed by atoms with Crippen molar-refractivity contribution in [3.63, 3.8) is 0 Å². The summed E-state index contributed by atoms with van der Waals surface area (Å²) in [6.45, 7) is 0.784. The molecule has 3 saturated heterocycles. The lowest BCUT2D eigenvalue weighted by molar-refractivity contribution is -0.145. The third-order valence-corrected chi connectivity index (χ3v) is 6.86. The largest absolute Gasteiger partial charge is 0.339 e. The SMILES string of the molecule is Cn1ccc([C@H]2CN(C(=O)[C@@H]3CC[C@@H]4CCCCCC(=O)N43)C[C@@H]2C#N)cc1=O. The van der Waals surface area contributed by atoms with Crippen LogP contribution in [0.15, 0.2) is 23.1 Å². The third kappa shape index (κ3) is 3.68. The Hall–Kier alpha value is -2.62. The van der Waals surface area contributed by atoms with Crippen molar-refractivity contribution < 1.29 is 9.59 Å². The second-order valence-electron chi connectivity index (χ2n) is 8.64. The van der Waals surface area contributed by atoms with Crippen LogP contribution in [0.3, 0.4) is 0 Å². The number of nitrogens with zero attached hydrogens (tertiary/aromatic N) is 4. The Morgan fingerprint density at radius 2 is 1.97 bits per heavy atom. The van der Waals surface area contributed by atoms with Gasteiger partial charge in [0.2, 0.25) is 11.8 Å². The van der Waals surface area contributed by atoms with Crippen LogP contribution in [0, 0.1) is 17.2 Å². The Morgan fingerprint density at radius 1 is 1.14 bits per heavy atom. The quantitative estimate of drug-likeness (QED) is 0.762. The van der Waals surface area contributed by atoms with Crippen molar-refractivity contribution in [2.45, 2.75) is 62.9 Å². The van der Waals surface area contributed by atoms with Crippen molar-refractivity contribution in [3.8, 4) is 6.07 Å². The summed E-state index contributed by atoms with van der Waals surface area (Å²) in [4.78, 5) is 41.7. The maximum absolute atomic E-state index is 13.4. The molecule has 3 aliphatic heterocycles. The van der Waals surface area contributed by atoms with Gasteiger partial charge in [0.1, 0.15) is 6.04 Å². The van der Waals surface area contributed by atoms with Gasteiger partial charge in [-0.05, 0) is 37.3 Å². The van der Waals surface area contributed by atoms with Gasteiger partial charge in [-0.25, -0.2) is 0 Å². The van der Waals surface area contributed by atoms with E-state index in [9.17, 15) is 19.6 Å². The Kier molecular flexibility index (Phi) is 5.44. The highest BCUT2D eigenvalue weighted by molar-refractivity contribution is 5.89. The summed E-state index contributed by atoms with van der Waals surface area (Å²) in [5.74, 6) is -0.443. The fourth-order valence-electron chi connectivity index (χ4n) is 5.21. The highest BCUT2D eigenvalue weighted by Gasteiger charge is 2.45. The van der Waals surface area contributed by atoms with E-state index in [4.69, 9.17) is 0 Å². The molecule has 3 aliphatic rings. The molecular formula is C22H28N4O3. The highest BCUT2D eigenvalue weighted by atomic mass is 16.2. The van der Waals surface area contributed by atoms with Crippen LogP contribution in [0.1, 0.15) is 56.4 Å². The smallest absolute Gasteiger partial charge is 0.250 e. The van der Waals surface area contributed by atoms with E-state index in [1.54, 1.807) is 24.2 Å². The number of aryl methyl sites for hydroxylation is 1. The molecule has 0 aromatic carbocycles. The summed E-state index contributed by atoms with van der Waals surface area (Å²) in [5, 5.41) is 9.65. The summed E-state index contributed by atoms with van der Waals surface area (Å²) >= 11 is 0. The van der Waals surface area contributed by atoms with E-state index < -0.39 is 6.04 Å². The van der Waals surface area contributed by atoms with Gasteiger partial charge in [0.15, 0.2) is 0 Å². The molecule has 1 aromatic heterocycles. The second-order valence-corrected chi connectivity index (χ2v) is 8.64. The number of hydrogen-bond acceptors (Lipinski definition) is 4. The lowest BCUT2D eigenvalue weighted by Crippen LogP contribution is -2.50. The van der Waals surface area contributed by atoms with Gasteiger partial charge >= 0.3 is 0 Å². The van der Waals surface area contributed by atoms with E-state index in [2.05, 4.69) is 6.07 Å². The van der Waals surface area contributed by atoms with Crippen molar-refractivity contribution >= 4 is 11.8 Å². The Balaban J connectivity index is 1.53. The molecule has 0 aliphatic carbocycles. The van der Waals surface area contributed by atoms with Gasteiger partial charge in [-0.15, -0.1) is 0 Å². The Morgan fingerprint density at radius 3 is 2.72 bits per heavy atom. The maximum atomic E-state index is 13.4. The third-order valence-electron chi connectivity index (χ3n) is 6.86. The van der Waals surface area contributed by atoms with Gasteiger partial charge in [-0.1, -0.05) is 12.8 Å². The first kappa shape index (κ1) is 19.7. The highest BCUT2D eigenvalue weighted by Crippen LogP contribution is 2.36. The molecule has 1 aromatic rings. The van der Waals surface area contributed by atoms with Crippen LogP contribution < -0.4 is 5.56 Å². The molecule has 7 nitrogen and oxygen atoms in total. The fourth-order valence-corrected chi connectivity index (χ4v) is 5.21. The number of aromatic nitrogens is 1. The van der Waals surface area contributed by atoms with Crippen LogP contribution in [-0.2, 0) is 16.6 Å². The summed E-state index contributed by atoms with van der Waals surface area (Å²) < 4.78 is 1.49. The van der Waals surface area contributed by atoms with Crippen LogP contribution in [0.2, 0.25) is 0 Å². The zero-order valence-electron chi connectivity index (χ0n) is 16.9. The Labute approximate surface area is 170 Å². The number of carbonyl (C=O) groups excluding carboxylic acids is 2. The van der Waals surface area contributed by atoms with E-state index in [1.165, 1.54) is 4.57 Å². The number of amides is 2. The number of rotatable bonds is 2. The zero-order chi connectivity index (χ0) is 20.5. The number of likely N-dealkylation sites (tertiary alicyclic amines) is 1. The number of fused-ring (bicyclic) bond motifs is 1. The molecule has 0 N–H and O–H groups in total. The normalized spacial score (nSPS) is 29.9. The monoisotopic (exact) mass is 396 g/mol. The van der Waals surface area contributed by atoms with Crippen LogP contribution >= 0.6 is 0 Å². The molecule has 2 amide bonds. The summed E-state index contributed by atoms with van der Waals surface area (Å²) in [6.07, 6.45) is 7.90. The molecule has 0 spiro atoms. The fraction of sp³-hybridized carbons (Fsp3) is 0.636. The average Bonchev–Trinajstić information content (AvgIpc) is 3.31. The topological polar surface area (TPSA) is 86.4 Å². The zero-order valence-corrected chi connectivity index (χ0v) is 16.9. The molecule has 3 fully saturated rings. The molecule has 0 bridgehead atoms. The number of carbonyl (C=O) groups is 2. The van der Waals surface area contributed by atoms with Gasteiger partial charge < -0.3 is 14.4 Å². The first-order chi connectivity index (χ1) is 14.0. The predicted octanol–water partition coefficient (Wildman–Crippen LogP) is 1.77. The second kappa shape index (κ2) is 8.02. The maximum Gasteiger partial charge on any atom is 0.250 e. The molecule has 29 heavy (non-hydrogen) atoms. The Bertz CT molecular complexity index is 902. The minimum absolute atomic E-state index is 0.0343. The number of hydrogen-bond donors (Lipinski definition) is 0. The van der Waals surface area contributed by atoms with Crippen LogP contribution in [0.25, 0.3) is 0 Å². The first-order valence-corrected chi connectivity index (χ1v) is 10.7. The van der Waals surface area contributed by atoms with Crippen molar-refractivity contribution in [1.82, 2.24) is 14.4 Å². The van der Waals surface area contributed by atoms with Crippen molar-refractivity contribution in [2.75, 3.05) is 13.1 Å². The van der Waals surface area contributed by atoms with Crippen molar-refractivity contribution in [2.24, 2.45) is 13.0 Å². The van der Waals surface area contributed by atoms with Crippen molar-refractivity contribution in [3.05, 3.63) is 34.2 Å². The molecule has 4 heterocycles. The van der Waals surface area contributed by atoms with Gasteiger partial charge in [0.25, 0.3) is 5.56 Å². The molecule has 4 rings (SSSR count). The predicted molar refractivity (Wildman–Crippen MR) is 107 cm³/mol. The van der Waals surface area contributed by atoms with E-state index in [1.807, 2.05) is 11.0 Å². The molecule has 154 valence electrons. The van der Waals surface area contributed by atoms with E-state index in [0.29, 0.717) is 25.9 Å². The summed E-state index contributed by atoms with van der Waals surface area (Å²) in [7, 11) is 1.69. The van der Waals surface area contributed by atoms with Crippen LogP contribution in [0.4, 0.5) is 0 Å². The lowest BCUT2D eigenvalue weighted by atomic mass is 9.91. The van der Waals surface area contributed by atoms with Gasteiger partial charge in [-0.2, -0.15) is 5.26 Å². The van der Waals surface area contributed by atoms with Gasteiger partial charge in [0.05, 0.1) is 12.0 Å². The molecular weight excluding hydrogens is 368 g/mol. The van der Waals surface area contributed by atoms with E-state index >= 15 is 0 Å². The molecule has 0 saturated carbocycles. The average molecular weight is 396 g/mol. The number of pyridine rings is 1. The summed E-state index contributed by atoms with van der Waals surface area (Å²) in [5.41, 5.74) is 0.690. The van der Waals surface area contributed by atoms with E-state index in [0.717, 1.165) is 37.7 Å². The standard InChI is InChI=1S/C22H28N4O3/c1-24-10-9-15(11-21(24)28)18-14-25(13-16(18)12-23)22(29)19-8-7-17-5-3-2-4-6-20(27)26(17)19/h9-11,16-19H,2-8,13-14H2,1H3/t16-,17-,18+,19-/m0/s1. The van der Waals surface area contributed by atoms with E-state index in [-0.39, 0.29) is 35.3 Å². The van der Waals surface area contributed by atoms with Gasteiger partial charge in [-0.3, -0.25) is 14.4 Å². The van der Waals surface area contributed by atoms with Gasteiger partial charge in [0, 0.05) is 50.8 Å². The lowest BCUT2D eigenvalue weighted by Gasteiger charge is -2.33. The molecule has 0 radical (unpaired) electrons.